The molecule has 198 valence electrons. The molecule has 3 aromatic heterocycles. The van der Waals surface area contributed by atoms with Crippen LogP contribution < -0.4 is 14.8 Å². The molecule has 10 nitrogen and oxygen atoms in total. The van der Waals surface area contributed by atoms with Gasteiger partial charge in [0.2, 0.25) is 11.8 Å². The van der Waals surface area contributed by atoms with Crippen molar-refractivity contribution in [3.05, 3.63) is 65.5 Å². The van der Waals surface area contributed by atoms with Crippen molar-refractivity contribution in [2.75, 3.05) is 19.5 Å². The normalized spacial score (nSPS) is 11.3. The summed E-state index contributed by atoms with van der Waals surface area (Å²) in [6.45, 7) is 2.93. The molecule has 2 amide bonds. The highest BCUT2D eigenvalue weighted by Gasteiger charge is 2.32. The lowest BCUT2D eigenvalue weighted by Crippen LogP contribution is -2.28. The van der Waals surface area contributed by atoms with E-state index in [0.29, 0.717) is 28.4 Å². The summed E-state index contributed by atoms with van der Waals surface area (Å²) in [4.78, 5) is 34.7. The first kappa shape index (κ1) is 26.4. The maximum absolute atomic E-state index is 13.4. The standard InChI is InChI=1S/C25H23F3N6O4/c1-14-17(19-9-10-22-31-21(30-15(2)35)13-34(22)32-19)11-18(23(29-14)37-4)24(36)33(3)12-16-7-5-6-8-20(16)38-25(26,27)28/h5-11,13H,12H2,1-4H3,(H,30,35). The highest BCUT2D eigenvalue weighted by molar-refractivity contribution is 5.97. The molecule has 0 aliphatic carbocycles. The average Bonchev–Trinajstić information content (AvgIpc) is 3.24. The minimum absolute atomic E-state index is 0.0552. The zero-order chi connectivity index (χ0) is 27.6. The monoisotopic (exact) mass is 528 g/mol. The third kappa shape index (κ3) is 5.82. The van der Waals surface area contributed by atoms with Gasteiger partial charge in [-0.05, 0) is 31.2 Å². The molecule has 0 aliphatic rings. The number of pyridine rings is 1. The first-order valence-corrected chi connectivity index (χ1v) is 11.2. The van der Waals surface area contributed by atoms with Gasteiger partial charge in [-0.15, -0.1) is 13.2 Å². The molecule has 0 fully saturated rings. The zero-order valence-corrected chi connectivity index (χ0v) is 20.8. The maximum Gasteiger partial charge on any atom is 0.573 e. The lowest BCUT2D eigenvalue weighted by atomic mass is 10.1. The molecular formula is C25H23F3N6O4. The SMILES string of the molecule is COc1nc(C)c(-c2ccc3nc(NC(C)=O)cn3n2)cc1C(=O)N(C)Cc1ccccc1OC(F)(F)F. The van der Waals surface area contributed by atoms with Crippen LogP contribution in [0.1, 0.15) is 28.5 Å². The Labute approximate surface area is 215 Å². The number of halogens is 3. The number of carbonyl (C=O) groups is 2. The Balaban J connectivity index is 1.67. The highest BCUT2D eigenvalue weighted by atomic mass is 19.4. The van der Waals surface area contributed by atoms with Crippen LogP contribution in [0.15, 0.2) is 48.7 Å². The number of rotatable bonds is 7. The number of alkyl halides is 3. The molecule has 0 saturated heterocycles. The molecular weight excluding hydrogens is 505 g/mol. The van der Waals surface area contributed by atoms with E-state index in [0.717, 1.165) is 0 Å². The lowest BCUT2D eigenvalue weighted by molar-refractivity contribution is -0.275. The Morgan fingerprint density at radius 3 is 2.55 bits per heavy atom. The number of para-hydroxylation sites is 1. The van der Waals surface area contributed by atoms with Crippen LogP contribution in [0.3, 0.4) is 0 Å². The van der Waals surface area contributed by atoms with E-state index in [1.54, 1.807) is 37.4 Å². The summed E-state index contributed by atoms with van der Waals surface area (Å²) in [5.74, 6) is -0.817. The van der Waals surface area contributed by atoms with Crippen LogP contribution >= 0.6 is 0 Å². The Bertz CT molecular complexity index is 1520. The molecule has 1 N–H and O–H groups in total. The van der Waals surface area contributed by atoms with Gasteiger partial charge in [-0.3, -0.25) is 9.59 Å². The first-order chi connectivity index (χ1) is 17.9. The fourth-order valence-electron chi connectivity index (χ4n) is 3.81. The number of carbonyl (C=O) groups excluding carboxylic acids is 2. The van der Waals surface area contributed by atoms with E-state index in [1.807, 2.05) is 0 Å². The molecule has 3 heterocycles. The summed E-state index contributed by atoms with van der Waals surface area (Å²) in [5, 5.41) is 7.11. The van der Waals surface area contributed by atoms with Crippen molar-refractivity contribution in [1.82, 2.24) is 24.5 Å². The van der Waals surface area contributed by atoms with Crippen molar-refractivity contribution in [2.45, 2.75) is 26.8 Å². The molecule has 0 aliphatic heterocycles. The molecule has 4 aromatic rings. The van der Waals surface area contributed by atoms with Crippen LogP contribution in [-0.4, -0.2) is 56.8 Å². The van der Waals surface area contributed by atoms with Gasteiger partial charge in [-0.25, -0.2) is 14.5 Å². The summed E-state index contributed by atoms with van der Waals surface area (Å²) in [6, 6.07) is 10.6. The number of hydrogen-bond donors (Lipinski definition) is 1. The van der Waals surface area contributed by atoms with Crippen LogP contribution in [0.5, 0.6) is 11.6 Å². The number of benzene rings is 1. The van der Waals surface area contributed by atoms with Crippen LogP contribution in [0, 0.1) is 6.92 Å². The highest BCUT2D eigenvalue weighted by Crippen LogP contribution is 2.30. The number of amides is 2. The van der Waals surface area contributed by atoms with E-state index in [9.17, 15) is 22.8 Å². The smallest absolute Gasteiger partial charge is 0.480 e. The van der Waals surface area contributed by atoms with E-state index in [2.05, 4.69) is 25.1 Å². The van der Waals surface area contributed by atoms with Gasteiger partial charge in [0.25, 0.3) is 5.91 Å². The summed E-state index contributed by atoms with van der Waals surface area (Å²) in [6.07, 6.45) is -3.32. The second kappa shape index (κ2) is 10.4. The van der Waals surface area contributed by atoms with Crippen LogP contribution in [0.25, 0.3) is 16.9 Å². The number of nitrogens with zero attached hydrogens (tertiary/aromatic N) is 5. The predicted octanol–water partition coefficient (Wildman–Crippen LogP) is 4.24. The van der Waals surface area contributed by atoms with E-state index >= 15 is 0 Å². The second-order valence-corrected chi connectivity index (χ2v) is 8.32. The fraction of sp³-hybridized carbons (Fsp3) is 0.240. The molecule has 1 aromatic carbocycles. The second-order valence-electron chi connectivity index (χ2n) is 8.32. The van der Waals surface area contributed by atoms with Gasteiger partial charge in [0.15, 0.2) is 11.5 Å². The number of nitrogens with one attached hydrogen (secondary N) is 1. The number of hydrogen-bond acceptors (Lipinski definition) is 7. The maximum atomic E-state index is 13.4. The minimum Gasteiger partial charge on any atom is -0.480 e. The fourth-order valence-corrected chi connectivity index (χ4v) is 3.81. The Hall–Kier alpha value is -4.68. The van der Waals surface area contributed by atoms with E-state index < -0.39 is 18.0 Å². The first-order valence-electron chi connectivity index (χ1n) is 11.2. The number of aryl methyl sites for hydroxylation is 1. The van der Waals surface area contributed by atoms with Crippen LogP contribution in [0.4, 0.5) is 19.0 Å². The average molecular weight is 528 g/mol. The van der Waals surface area contributed by atoms with Gasteiger partial charge in [-0.2, -0.15) is 5.10 Å². The lowest BCUT2D eigenvalue weighted by Gasteiger charge is -2.21. The summed E-state index contributed by atoms with van der Waals surface area (Å²) in [7, 11) is 2.81. The molecule has 0 atom stereocenters. The largest absolute Gasteiger partial charge is 0.573 e. The Morgan fingerprint density at radius 2 is 1.87 bits per heavy atom. The van der Waals surface area contributed by atoms with Gasteiger partial charge >= 0.3 is 6.36 Å². The third-order valence-electron chi connectivity index (χ3n) is 5.45. The predicted molar refractivity (Wildman–Crippen MR) is 131 cm³/mol. The number of anilines is 1. The van der Waals surface area contributed by atoms with E-state index in [4.69, 9.17) is 4.74 Å². The zero-order valence-electron chi connectivity index (χ0n) is 20.8. The molecule has 0 saturated carbocycles. The molecule has 38 heavy (non-hydrogen) atoms. The van der Waals surface area contributed by atoms with Crippen LogP contribution in [0.2, 0.25) is 0 Å². The van der Waals surface area contributed by atoms with Gasteiger partial charge in [0.05, 0.1) is 24.7 Å². The topological polar surface area (TPSA) is 111 Å². The molecule has 0 unspecified atom stereocenters. The van der Waals surface area contributed by atoms with Gasteiger partial charge in [-0.1, -0.05) is 18.2 Å². The summed E-state index contributed by atoms with van der Waals surface area (Å²) in [5.41, 5.74) is 2.28. The van der Waals surface area contributed by atoms with Crippen molar-refractivity contribution in [2.24, 2.45) is 0 Å². The minimum atomic E-state index is -4.87. The number of ether oxygens (including phenoxy) is 2. The van der Waals surface area contributed by atoms with Crippen molar-refractivity contribution < 1.29 is 32.2 Å². The van der Waals surface area contributed by atoms with Crippen molar-refractivity contribution in [3.8, 4) is 22.9 Å². The Kier molecular flexibility index (Phi) is 7.19. The molecule has 0 spiro atoms. The molecule has 4 rings (SSSR count). The van der Waals surface area contributed by atoms with Gasteiger partial charge < -0.3 is 19.7 Å². The molecule has 0 bridgehead atoms. The summed E-state index contributed by atoms with van der Waals surface area (Å²) >= 11 is 0. The quantitative estimate of drug-likeness (QED) is 0.382. The molecule has 0 radical (unpaired) electrons. The number of fused-ring (bicyclic) bond motifs is 1. The van der Waals surface area contributed by atoms with Crippen LogP contribution in [-0.2, 0) is 11.3 Å². The Morgan fingerprint density at radius 1 is 1.13 bits per heavy atom. The number of imidazole rings is 1. The molecule has 13 heteroatoms. The van der Waals surface area contributed by atoms with Crippen molar-refractivity contribution >= 4 is 23.3 Å². The van der Waals surface area contributed by atoms with E-state index in [-0.39, 0.29) is 29.5 Å². The third-order valence-corrected chi connectivity index (χ3v) is 5.45. The van der Waals surface area contributed by atoms with Crippen molar-refractivity contribution in [3.63, 3.8) is 0 Å². The van der Waals surface area contributed by atoms with E-state index in [1.165, 1.54) is 48.7 Å². The van der Waals surface area contributed by atoms with Gasteiger partial charge in [0.1, 0.15) is 11.3 Å². The van der Waals surface area contributed by atoms with Crippen molar-refractivity contribution in [1.29, 1.82) is 0 Å². The summed E-state index contributed by atoms with van der Waals surface area (Å²) < 4.78 is 49.4. The van der Waals surface area contributed by atoms with Gasteiger partial charge in [0, 0.05) is 31.6 Å². The number of aromatic nitrogens is 4. The number of methoxy groups -OCH3 is 1.